The van der Waals surface area contributed by atoms with Crippen LogP contribution in [0.25, 0.3) is 0 Å². The number of hydrogen-bond donors (Lipinski definition) is 3. The third-order valence-corrected chi connectivity index (χ3v) is 2.47. The maximum Gasteiger partial charge on any atom is 0.221 e. The first kappa shape index (κ1) is 12.2. The Balaban J connectivity index is 2.53. The standard InChI is InChI=1S/C9H15BrN4O/c1-2-3-6(15)4-12-8-7(10)5-13-9(11)14-8/h5-6,15H,2-4H2,1H3,(H3,11,12,13,14). The molecule has 0 bridgehead atoms. The number of rotatable bonds is 5. The van der Waals surface area contributed by atoms with E-state index < -0.39 is 0 Å². The van der Waals surface area contributed by atoms with Crippen molar-refractivity contribution in [2.24, 2.45) is 0 Å². The van der Waals surface area contributed by atoms with Crippen molar-refractivity contribution in [3.05, 3.63) is 10.7 Å². The van der Waals surface area contributed by atoms with Gasteiger partial charge in [0.15, 0.2) is 0 Å². The normalized spacial score (nSPS) is 12.5. The van der Waals surface area contributed by atoms with E-state index in [1.165, 1.54) is 0 Å². The van der Waals surface area contributed by atoms with Gasteiger partial charge in [-0.05, 0) is 22.4 Å². The molecular formula is C9H15BrN4O. The molecule has 0 fully saturated rings. The molecule has 0 aliphatic heterocycles. The fourth-order valence-corrected chi connectivity index (χ4v) is 1.49. The molecule has 15 heavy (non-hydrogen) atoms. The number of anilines is 2. The molecule has 4 N–H and O–H groups in total. The van der Waals surface area contributed by atoms with Gasteiger partial charge in [0.05, 0.1) is 10.6 Å². The monoisotopic (exact) mass is 274 g/mol. The first-order valence-corrected chi connectivity index (χ1v) is 5.62. The molecule has 1 aromatic heterocycles. The molecular weight excluding hydrogens is 260 g/mol. The summed E-state index contributed by atoms with van der Waals surface area (Å²) in [6.07, 6.45) is 2.94. The summed E-state index contributed by atoms with van der Waals surface area (Å²) in [5.74, 6) is 0.823. The number of hydrogen-bond acceptors (Lipinski definition) is 5. The van der Waals surface area contributed by atoms with Gasteiger partial charge in [-0.2, -0.15) is 4.98 Å². The molecule has 1 atom stereocenters. The van der Waals surface area contributed by atoms with Gasteiger partial charge >= 0.3 is 0 Å². The molecule has 0 saturated carbocycles. The van der Waals surface area contributed by atoms with Crippen molar-refractivity contribution in [2.45, 2.75) is 25.9 Å². The van der Waals surface area contributed by atoms with Crippen LogP contribution < -0.4 is 11.1 Å². The van der Waals surface area contributed by atoms with Gasteiger partial charge < -0.3 is 16.2 Å². The maximum absolute atomic E-state index is 9.52. The lowest BCUT2D eigenvalue weighted by Gasteiger charge is -2.12. The minimum absolute atomic E-state index is 0.214. The minimum atomic E-state index is -0.363. The first-order chi connectivity index (χ1) is 7.13. The summed E-state index contributed by atoms with van der Waals surface area (Å²) in [5, 5.41) is 12.5. The second-order valence-electron chi connectivity index (χ2n) is 3.25. The van der Waals surface area contributed by atoms with Crippen LogP contribution in [0.3, 0.4) is 0 Å². The predicted molar refractivity (Wildman–Crippen MR) is 63.5 cm³/mol. The predicted octanol–water partition coefficient (Wildman–Crippen LogP) is 1.39. The third-order valence-electron chi connectivity index (χ3n) is 1.89. The third kappa shape index (κ3) is 4.01. The zero-order valence-corrected chi connectivity index (χ0v) is 10.2. The zero-order chi connectivity index (χ0) is 11.3. The van der Waals surface area contributed by atoms with Crippen molar-refractivity contribution >= 4 is 27.7 Å². The fourth-order valence-electron chi connectivity index (χ4n) is 1.15. The molecule has 0 amide bonds. The molecule has 0 spiro atoms. The van der Waals surface area contributed by atoms with Gasteiger partial charge in [0.2, 0.25) is 5.95 Å². The van der Waals surface area contributed by atoms with Gasteiger partial charge in [-0.15, -0.1) is 0 Å². The lowest BCUT2D eigenvalue weighted by Crippen LogP contribution is -2.20. The summed E-state index contributed by atoms with van der Waals surface area (Å²) in [6, 6.07) is 0. The van der Waals surface area contributed by atoms with E-state index in [2.05, 4.69) is 31.2 Å². The smallest absolute Gasteiger partial charge is 0.221 e. The van der Waals surface area contributed by atoms with Crippen molar-refractivity contribution in [1.29, 1.82) is 0 Å². The van der Waals surface area contributed by atoms with Gasteiger partial charge in [0, 0.05) is 12.7 Å². The molecule has 0 aliphatic rings. The average Bonchev–Trinajstić information content (AvgIpc) is 2.20. The zero-order valence-electron chi connectivity index (χ0n) is 8.57. The molecule has 1 aromatic rings. The highest BCUT2D eigenvalue weighted by atomic mass is 79.9. The van der Waals surface area contributed by atoms with Crippen molar-refractivity contribution in [3.8, 4) is 0 Å². The number of nitrogens with zero attached hydrogens (tertiary/aromatic N) is 2. The van der Waals surface area contributed by atoms with E-state index in [4.69, 9.17) is 5.73 Å². The van der Waals surface area contributed by atoms with Crippen LogP contribution in [-0.4, -0.2) is 27.7 Å². The van der Waals surface area contributed by atoms with Crippen molar-refractivity contribution < 1.29 is 5.11 Å². The molecule has 0 radical (unpaired) electrons. The largest absolute Gasteiger partial charge is 0.391 e. The molecule has 6 heteroatoms. The molecule has 0 saturated heterocycles. The van der Waals surface area contributed by atoms with Gasteiger partial charge in [-0.1, -0.05) is 13.3 Å². The molecule has 1 unspecified atom stereocenters. The second kappa shape index (κ2) is 5.87. The van der Waals surface area contributed by atoms with Gasteiger partial charge in [-0.3, -0.25) is 0 Å². The molecule has 84 valence electrons. The Morgan fingerprint density at radius 2 is 2.40 bits per heavy atom. The van der Waals surface area contributed by atoms with Crippen LogP contribution in [0.5, 0.6) is 0 Å². The molecule has 1 rings (SSSR count). The number of aliphatic hydroxyl groups excluding tert-OH is 1. The first-order valence-electron chi connectivity index (χ1n) is 4.83. The Bertz CT molecular complexity index is 321. The van der Waals surface area contributed by atoms with E-state index in [1.54, 1.807) is 6.20 Å². The van der Waals surface area contributed by atoms with E-state index in [-0.39, 0.29) is 12.1 Å². The van der Waals surface area contributed by atoms with Crippen LogP contribution in [-0.2, 0) is 0 Å². The van der Waals surface area contributed by atoms with E-state index in [0.717, 1.165) is 17.3 Å². The lowest BCUT2D eigenvalue weighted by atomic mass is 10.2. The van der Waals surface area contributed by atoms with E-state index >= 15 is 0 Å². The minimum Gasteiger partial charge on any atom is -0.391 e. The number of nitrogen functional groups attached to an aromatic ring is 1. The molecule has 0 aromatic carbocycles. The van der Waals surface area contributed by atoms with Gasteiger partial charge in [-0.25, -0.2) is 4.98 Å². The van der Waals surface area contributed by atoms with Crippen molar-refractivity contribution in [2.75, 3.05) is 17.6 Å². The van der Waals surface area contributed by atoms with Crippen LogP contribution >= 0.6 is 15.9 Å². The van der Waals surface area contributed by atoms with Gasteiger partial charge in [0.1, 0.15) is 5.82 Å². The average molecular weight is 275 g/mol. The van der Waals surface area contributed by atoms with E-state index in [9.17, 15) is 5.11 Å². The van der Waals surface area contributed by atoms with Crippen LogP contribution in [0.1, 0.15) is 19.8 Å². The molecule has 1 heterocycles. The van der Waals surface area contributed by atoms with Crippen molar-refractivity contribution in [1.82, 2.24) is 9.97 Å². The Labute approximate surface area is 97.2 Å². The maximum atomic E-state index is 9.52. The second-order valence-corrected chi connectivity index (χ2v) is 4.10. The molecule has 5 nitrogen and oxygen atoms in total. The number of aromatic nitrogens is 2. The highest BCUT2D eigenvalue weighted by Crippen LogP contribution is 2.19. The van der Waals surface area contributed by atoms with Crippen molar-refractivity contribution in [3.63, 3.8) is 0 Å². The lowest BCUT2D eigenvalue weighted by molar-refractivity contribution is 0.176. The Hall–Kier alpha value is -0.880. The number of nitrogens with one attached hydrogen (secondary N) is 1. The van der Waals surface area contributed by atoms with Crippen LogP contribution in [0.2, 0.25) is 0 Å². The van der Waals surface area contributed by atoms with E-state index in [0.29, 0.717) is 12.4 Å². The number of nitrogens with two attached hydrogens (primary N) is 1. The Morgan fingerprint density at radius 1 is 1.67 bits per heavy atom. The van der Waals surface area contributed by atoms with E-state index in [1.807, 2.05) is 6.92 Å². The highest BCUT2D eigenvalue weighted by molar-refractivity contribution is 9.10. The number of aliphatic hydroxyl groups is 1. The molecule has 0 aliphatic carbocycles. The summed E-state index contributed by atoms with van der Waals surface area (Å²) in [5.41, 5.74) is 5.45. The van der Waals surface area contributed by atoms with Crippen LogP contribution in [0.15, 0.2) is 10.7 Å². The summed E-state index contributed by atoms with van der Waals surface area (Å²) in [6.45, 7) is 2.49. The summed E-state index contributed by atoms with van der Waals surface area (Å²) in [7, 11) is 0. The van der Waals surface area contributed by atoms with Gasteiger partial charge in [0.25, 0.3) is 0 Å². The quantitative estimate of drug-likeness (QED) is 0.756. The van der Waals surface area contributed by atoms with Crippen LogP contribution in [0, 0.1) is 0 Å². The topological polar surface area (TPSA) is 84.1 Å². The fraction of sp³-hybridized carbons (Fsp3) is 0.556. The Morgan fingerprint density at radius 3 is 3.07 bits per heavy atom. The van der Waals surface area contributed by atoms with Crippen LogP contribution in [0.4, 0.5) is 11.8 Å². The number of halogens is 1. The summed E-state index contributed by atoms with van der Waals surface area (Å²) < 4.78 is 0.736. The summed E-state index contributed by atoms with van der Waals surface area (Å²) in [4.78, 5) is 7.82. The highest BCUT2D eigenvalue weighted by Gasteiger charge is 2.06. The SMILES string of the molecule is CCCC(O)CNc1nc(N)ncc1Br. The summed E-state index contributed by atoms with van der Waals surface area (Å²) >= 11 is 3.29. The Kier molecular flexibility index (Phi) is 4.77.